The Morgan fingerprint density at radius 3 is 2.52 bits per heavy atom. The standard InChI is InChI=1S/C22H20ClNO/c1-16-6-11-22(17(2)12-16)24-14-19-4-3-5-21(13-19)25-15-18-7-9-20(23)10-8-18/h3-14H,15H2,1-2H3. The van der Waals surface area contributed by atoms with Crippen LogP contribution >= 0.6 is 11.6 Å². The van der Waals surface area contributed by atoms with Gasteiger partial charge in [-0.25, -0.2) is 0 Å². The van der Waals surface area contributed by atoms with E-state index in [0.29, 0.717) is 6.61 Å². The number of aryl methyl sites for hydroxylation is 2. The summed E-state index contributed by atoms with van der Waals surface area (Å²) in [6.45, 7) is 4.67. The molecule has 0 fully saturated rings. The Morgan fingerprint density at radius 1 is 0.960 bits per heavy atom. The van der Waals surface area contributed by atoms with Crippen molar-refractivity contribution >= 4 is 23.5 Å². The molecule has 0 aromatic heterocycles. The van der Waals surface area contributed by atoms with Crippen LogP contribution in [0.4, 0.5) is 5.69 Å². The first kappa shape index (κ1) is 17.2. The van der Waals surface area contributed by atoms with E-state index in [4.69, 9.17) is 16.3 Å². The number of hydrogen-bond acceptors (Lipinski definition) is 2. The quantitative estimate of drug-likeness (QED) is 0.496. The van der Waals surface area contributed by atoms with Gasteiger partial charge in [0.1, 0.15) is 12.4 Å². The summed E-state index contributed by atoms with van der Waals surface area (Å²) in [6.07, 6.45) is 1.87. The number of aliphatic imine (C=N–C) groups is 1. The van der Waals surface area contributed by atoms with E-state index in [2.05, 4.69) is 31.0 Å². The Balaban J connectivity index is 1.68. The van der Waals surface area contributed by atoms with Gasteiger partial charge in [0.15, 0.2) is 0 Å². The third-order valence-electron chi connectivity index (χ3n) is 3.88. The van der Waals surface area contributed by atoms with E-state index in [-0.39, 0.29) is 0 Å². The van der Waals surface area contributed by atoms with Gasteiger partial charge in [0.25, 0.3) is 0 Å². The Hall–Kier alpha value is -2.58. The summed E-state index contributed by atoms with van der Waals surface area (Å²) in [4.78, 5) is 4.59. The van der Waals surface area contributed by atoms with Gasteiger partial charge in [-0.05, 0) is 60.9 Å². The maximum absolute atomic E-state index is 5.90. The molecule has 25 heavy (non-hydrogen) atoms. The molecule has 0 radical (unpaired) electrons. The minimum Gasteiger partial charge on any atom is -0.489 e. The second kappa shape index (κ2) is 8.00. The normalized spacial score (nSPS) is 11.0. The molecule has 0 aliphatic heterocycles. The molecule has 0 unspecified atom stereocenters. The molecule has 126 valence electrons. The van der Waals surface area contributed by atoms with Crippen LogP contribution in [0.25, 0.3) is 0 Å². The molecule has 3 aromatic carbocycles. The minimum absolute atomic E-state index is 0.509. The molecule has 2 nitrogen and oxygen atoms in total. The van der Waals surface area contributed by atoms with Gasteiger partial charge in [-0.2, -0.15) is 0 Å². The van der Waals surface area contributed by atoms with Gasteiger partial charge < -0.3 is 4.74 Å². The monoisotopic (exact) mass is 349 g/mol. The summed E-state index contributed by atoms with van der Waals surface area (Å²) in [5.41, 5.74) is 5.49. The van der Waals surface area contributed by atoms with Crippen LogP contribution < -0.4 is 4.74 Å². The second-order valence-electron chi connectivity index (χ2n) is 6.04. The third kappa shape index (κ3) is 4.94. The molecule has 0 bridgehead atoms. The molecule has 0 atom stereocenters. The zero-order valence-electron chi connectivity index (χ0n) is 14.4. The lowest BCUT2D eigenvalue weighted by Crippen LogP contribution is -1.95. The van der Waals surface area contributed by atoms with Crippen molar-refractivity contribution in [2.45, 2.75) is 20.5 Å². The van der Waals surface area contributed by atoms with Crippen LogP contribution in [0.1, 0.15) is 22.3 Å². The number of benzene rings is 3. The summed E-state index contributed by atoms with van der Waals surface area (Å²) >= 11 is 5.90. The lowest BCUT2D eigenvalue weighted by atomic mass is 10.1. The van der Waals surface area contributed by atoms with Gasteiger partial charge in [0.2, 0.25) is 0 Å². The van der Waals surface area contributed by atoms with E-state index >= 15 is 0 Å². The first-order chi connectivity index (χ1) is 12.1. The minimum atomic E-state index is 0.509. The van der Waals surface area contributed by atoms with Crippen LogP contribution in [-0.2, 0) is 6.61 Å². The fourth-order valence-corrected chi connectivity index (χ4v) is 2.65. The van der Waals surface area contributed by atoms with Crippen molar-refractivity contribution in [2.24, 2.45) is 4.99 Å². The molecule has 3 heteroatoms. The largest absolute Gasteiger partial charge is 0.489 e. The van der Waals surface area contributed by atoms with Gasteiger partial charge >= 0.3 is 0 Å². The molecule has 0 heterocycles. The van der Waals surface area contributed by atoms with E-state index in [9.17, 15) is 0 Å². The van der Waals surface area contributed by atoms with Crippen molar-refractivity contribution in [2.75, 3.05) is 0 Å². The summed E-state index contributed by atoms with van der Waals surface area (Å²) in [5, 5.41) is 0.730. The summed E-state index contributed by atoms with van der Waals surface area (Å²) in [5.74, 6) is 0.819. The molecule has 0 aliphatic carbocycles. The Labute approximate surface area is 153 Å². The van der Waals surface area contributed by atoms with Crippen LogP contribution in [-0.4, -0.2) is 6.21 Å². The van der Waals surface area contributed by atoms with Crippen LogP contribution in [0, 0.1) is 13.8 Å². The van der Waals surface area contributed by atoms with Crippen molar-refractivity contribution in [3.8, 4) is 5.75 Å². The zero-order chi connectivity index (χ0) is 17.6. The van der Waals surface area contributed by atoms with E-state index in [1.807, 2.05) is 60.8 Å². The molecular formula is C22H20ClNO. The smallest absolute Gasteiger partial charge is 0.120 e. The number of rotatable bonds is 5. The second-order valence-corrected chi connectivity index (χ2v) is 6.47. The van der Waals surface area contributed by atoms with Crippen LogP contribution in [0.5, 0.6) is 5.75 Å². The van der Waals surface area contributed by atoms with Crippen molar-refractivity contribution in [1.29, 1.82) is 0 Å². The van der Waals surface area contributed by atoms with Gasteiger partial charge in [-0.1, -0.05) is 53.6 Å². The van der Waals surface area contributed by atoms with E-state index in [0.717, 1.165) is 27.6 Å². The fraction of sp³-hybridized carbons (Fsp3) is 0.136. The third-order valence-corrected chi connectivity index (χ3v) is 4.13. The van der Waals surface area contributed by atoms with E-state index < -0.39 is 0 Å². The first-order valence-electron chi connectivity index (χ1n) is 8.19. The van der Waals surface area contributed by atoms with Crippen LogP contribution in [0.15, 0.2) is 71.7 Å². The molecule has 0 saturated heterocycles. The average Bonchev–Trinajstić information content (AvgIpc) is 2.61. The SMILES string of the molecule is Cc1ccc(N=Cc2cccc(OCc3ccc(Cl)cc3)c2)c(C)c1. The lowest BCUT2D eigenvalue weighted by molar-refractivity contribution is 0.306. The predicted octanol–water partition coefficient (Wildman–Crippen LogP) is 6.29. The molecule has 0 N–H and O–H groups in total. The number of nitrogens with zero attached hydrogens (tertiary/aromatic N) is 1. The highest BCUT2D eigenvalue weighted by Gasteiger charge is 1.99. The highest BCUT2D eigenvalue weighted by molar-refractivity contribution is 6.30. The molecule has 0 spiro atoms. The van der Waals surface area contributed by atoms with Crippen molar-refractivity contribution < 1.29 is 4.74 Å². The molecule has 0 amide bonds. The molecule has 0 saturated carbocycles. The Kier molecular flexibility index (Phi) is 5.52. The summed E-state index contributed by atoms with van der Waals surface area (Å²) < 4.78 is 5.86. The van der Waals surface area contributed by atoms with Crippen molar-refractivity contribution in [1.82, 2.24) is 0 Å². The highest BCUT2D eigenvalue weighted by Crippen LogP contribution is 2.20. The molecule has 0 aliphatic rings. The van der Waals surface area contributed by atoms with E-state index in [1.165, 1.54) is 11.1 Å². The number of ether oxygens (including phenoxy) is 1. The van der Waals surface area contributed by atoms with Gasteiger partial charge in [0.05, 0.1) is 5.69 Å². The van der Waals surface area contributed by atoms with Crippen molar-refractivity contribution in [3.63, 3.8) is 0 Å². The van der Waals surface area contributed by atoms with Crippen LogP contribution in [0.3, 0.4) is 0 Å². The van der Waals surface area contributed by atoms with Gasteiger partial charge in [-0.15, -0.1) is 0 Å². The van der Waals surface area contributed by atoms with Crippen LogP contribution in [0.2, 0.25) is 5.02 Å². The molecular weight excluding hydrogens is 330 g/mol. The lowest BCUT2D eigenvalue weighted by Gasteiger charge is -2.07. The highest BCUT2D eigenvalue weighted by atomic mass is 35.5. The molecule has 3 rings (SSSR count). The summed E-state index contributed by atoms with van der Waals surface area (Å²) in [7, 11) is 0. The molecule has 3 aromatic rings. The Bertz CT molecular complexity index is 885. The predicted molar refractivity (Wildman–Crippen MR) is 105 cm³/mol. The summed E-state index contributed by atoms with van der Waals surface area (Å²) in [6, 6.07) is 21.9. The topological polar surface area (TPSA) is 21.6 Å². The van der Waals surface area contributed by atoms with Crippen molar-refractivity contribution in [3.05, 3.63) is 94.0 Å². The Morgan fingerprint density at radius 2 is 1.76 bits per heavy atom. The number of hydrogen-bond donors (Lipinski definition) is 0. The maximum atomic E-state index is 5.90. The zero-order valence-corrected chi connectivity index (χ0v) is 15.1. The van der Waals surface area contributed by atoms with Gasteiger partial charge in [-0.3, -0.25) is 4.99 Å². The average molecular weight is 350 g/mol. The maximum Gasteiger partial charge on any atom is 0.120 e. The van der Waals surface area contributed by atoms with Gasteiger partial charge in [0, 0.05) is 11.2 Å². The number of halogens is 1. The first-order valence-corrected chi connectivity index (χ1v) is 8.56. The van der Waals surface area contributed by atoms with E-state index in [1.54, 1.807) is 0 Å². The fourth-order valence-electron chi connectivity index (χ4n) is 2.53.